The number of carbonyl (C=O) groups is 2. The Labute approximate surface area is 122 Å². The topological polar surface area (TPSA) is 102 Å². The molecule has 7 heteroatoms. The molecule has 0 saturated carbocycles. The quantitative estimate of drug-likeness (QED) is 0.493. The number of nitrogens with zero attached hydrogens (tertiary/aromatic N) is 2. The molecule has 0 atom stereocenters. The van der Waals surface area contributed by atoms with E-state index in [1.165, 1.54) is 13.0 Å². The van der Waals surface area contributed by atoms with Crippen LogP contribution in [0.2, 0.25) is 0 Å². The Morgan fingerprint density at radius 2 is 2.00 bits per heavy atom. The minimum atomic E-state index is -0.614. The first kappa shape index (κ1) is 16.7. The zero-order chi connectivity index (χ0) is 16.0. The first-order valence-electron chi connectivity index (χ1n) is 6.83. The van der Waals surface area contributed by atoms with Crippen LogP contribution >= 0.6 is 0 Å². The Morgan fingerprint density at radius 3 is 2.52 bits per heavy atom. The van der Waals surface area contributed by atoms with Crippen LogP contribution in [0, 0.1) is 24.0 Å². The van der Waals surface area contributed by atoms with Crippen LogP contribution in [0.25, 0.3) is 0 Å². The second kappa shape index (κ2) is 7.47. The molecular formula is C14H19N3O4. The van der Waals surface area contributed by atoms with Crippen molar-refractivity contribution in [2.75, 3.05) is 0 Å². The fourth-order valence-electron chi connectivity index (χ4n) is 2.04. The highest BCUT2D eigenvalue weighted by Gasteiger charge is 2.22. The number of hydrogen-bond donors (Lipinski definition) is 1. The second-order valence-electron chi connectivity index (χ2n) is 4.85. The number of rotatable bonds is 6. The molecule has 0 aliphatic carbocycles. The minimum Gasteiger partial charge on any atom is -0.358 e. The molecule has 0 bridgehead atoms. The summed E-state index contributed by atoms with van der Waals surface area (Å²) in [5.41, 5.74) is 0.873. The van der Waals surface area contributed by atoms with Gasteiger partial charge >= 0.3 is 5.82 Å². The molecule has 1 N–H and O–H groups in total. The maximum atomic E-state index is 12.1. The normalized spacial score (nSPS) is 10.2. The van der Waals surface area contributed by atoms with Crippen LogP contribution in [0.3, 0.4) is 0 Å². The number of hydrogen-bond acceptors (Lipinski definition) is 5. The van der Waals surface area contributed by atoms with Crippen molar-refractivity contribution in [2.24, 2.45) is 0 Å². The SMILES string of the molecule is CCCCCC(=O)NC(=O)c1c(C)cc([N+](=O)[O-])nc1C. The number of nitro groups is 1. The van der Waals surface area contributed by atoms with E-state index in [1.54, 1.807) is 6.92 Å². The van der Waals surface area contributed by atoms with E-state index in [0.717, 1.165) is 19.3 Å². The zero-order valence-corrected chi connectivity index (χ0v) is 12.4. The summed E-state index contributed by atoms with van der Waals surface area (Å²) in [4.78, 5) is 37.6. The molecule has 1 heterocycles. The van der Waals surface area contributed by atoms with Crippen LogP contribution in [0.15, 0.2) is 6.07 Å². The first-order valence-corrected chi connectivity index (χ1v) is 6.83. The third kappa shape index (κ3) is 4.62. The van der Waals surface area contributed by atoms with Gasteiger partial charge in [0, 0.05) is 19.4 Å². The van der Waals surface area contributed by atoms with Crippen LogP contribution in [0.4, 0.5) is 5.82 Å². The summed E-state index contributed by atoms with van der Waals surface area (Å²) in [6.45, 7) is 5.12. The van der Waals surface area contributed by atoms with E-state index in [0.29, 0.717) is 5.56 Å². The molecule has 1 rings (SSSR count). The molecule has 114 valence electrons. The van der Waals surface area contributed by atoms with E-state index in [1.807, 2.05) is 6.92 Å². The summed E-state index contributed by atoms with van der Waals surface area (Å²) in [6, 6.07) is 1.23. The van der Waals surface area contributed by atoms with Gasteiger partial charge in [-0.2, -0.15) is 0 Å². The van der Waals surface area contributed by atoms with Crippen molar-refractivity contribution in [1.82, 2.24) is 10.3 Å². The largest absolute Gasteiger partial charge is 0.363 e. The minimum absolute atomic E-state index is 0.212. The van der Waals surface area contributed by atoms with E-state index in [9.17, 15) is 19.7 Å². The van der Waals surface area contributed by atoms with Gasteiger partial charge in [-0.15, -0.1) is 0 Å². The third-order valence-corrected chi connectivity index (χ3v) is 3.06. The highest BCUT2D eigenvalue weighted by molar-refractivity contribution is 6.06. The Hall–Kier alpha value is -2.31. The van der Waals surface area contributed by atoms with E-state index >= 15 is 0 Å². The van der Waals surface area contributed by atoms with Crippen molar-refractivity contribution >= 4 is 17.6 Å². The molecular weight excluding hydrogens is 274 g/mol. The molecule has 2 amide bonds. The van der Waals surface area contributed by atoms with E-state index in [-0.39, 0.29) is 29.4 Å². The fourth-order valence-corrected chi connectivity index (χ4v) is 2.04. The van der Waals surface area contributed by atoms with Crippen LogP contribution in [0.5, 0.6) is 0 Å². The fraction of sp³-hybridized carbons (Fsp3) is 0.500. The smallest absolute Gasteiger partial charge is 0.358 e. The number of aromatic nitrogens is 1. The lowest BCUT2D eigenvalue weighted by molar-refractivity contribution is -0.389. The number of aryl methyl sites for hydroxylation is 2. The maximum Gasteiger partial charge on any atom is 0.363 e. The molecule has 0 aliphatic heterocycles. The summed E-state index contributed by atoms with van der Waals surface area (Å²) < 4.78 is 0. The number of pyridine rings is 1. The predicted octanol–water partition coefficient (Wildman–Crippen LogP) is 2.44. The van der Waals surface area contributed by atoms with Gasteiger partial charge in [0.15, 0.2) is 5.69 Å². The molecule has 1 aromatic heterocycles. The monoisotopic (exact) mass is 293 g/mol. The molecule has 0 unspecified atom stereocenters. The maximum absolute atomic E-state index is 12.1. The lowest BCUT2D eigenvalue weighted by Gasteiger charge is -2.07. The number of amides is 2. The van der Waals surface area contributed by atoms with Crippen LogP contribution in [0.1, 0.15) is 54.2 Å². The van der Waals surface area contributed by atoms with Gasteiger partial charge in [-0.25, -0.2) is 0 Å². The van der Waals surface area contributed by atoms with Gasteiger partial charge in [-0.05, 0) is 28.8 Å². The summed E-state index contributed by atoms with van der Waals surface area (Å²) >= 11 is 0. The highest BCUT2D eigenvalue weighted by Crippen LogP contribution is 2.18. The average molecular weight is 293 g/mol. The summed E-state index contributed by atoms with van der Waals surface area (Å²) in [5.74, 6) is -1.21. The van der Waals surface area contributed by atoms with Crippen molar-refractivity contribution in [3.05, 3.63) is 33.0 Å². The standard InChI is InChI=1S/C14H19N3O4/c1-4-5-6-7-12(18)16-14(19)13-9(2)8-11(17(20)21)15-10(13)3/h8H,4-7H2,1-3H3,(H,16,18,19). The molecule has 0 aromatic carbocycles. The van der Waals surface area contributed by atoms with Gasteiger partial charge < -0.3 is 10.1 Å². The number of nitrogens with one attached hydrogen (secondary N) is 1. The van der Waals surface area contributed by atoms with Gasteiger partial charge in [0.2, 0.25) is 5.91 Å². The lowest BCUT2D eigenvalue weighted by atomic mass is 10.1. The van der Waals surface area contributed by atoms with Crippen molar-refractivity contribution in [3.8, 4) is 0 Å². The molecule has 7 nitrogen and oxygen atoms in total. The molecule has 0 saturated heterocycles. The highest BCUT2D eigenvalue weighted by atomic mass is 16.6. The van der Waals surface area contributed by atoms with Gasteiger partial charge in [0.05, 0.1) is 5.56 Å². The molecule has 0 aliphatic rings. The summed E-state index contributed by atoms with van der Waals surface area (Å²) in [6.07, 6.45) is 2.94. The Balaban J connectivity index is 2.83. The Kier molecular flexibility index (Phi) is 5.95. The predicted molar refractivity (Wildman–Crippen MR) is 77.0 cm³/mol. The second-order valence-corrected chi connectivity index (χ2v) is 4.85. The molecule has 0 spiro atoms. The molecule has 1 aromatic rings. The van der Waals surface area contributed by atoms with Crippen molar-refractivity contribution in [3.63, 3.8) is 0 Å². The first-order chi connectivity index (χ1) is 9.86. The average Bonchev–Trinajstić information content (AvgIpc) is 2.37. The van der Waals surface area contributed by atoms with Crippen LogP contribution < -0.4 is 5.32 Å². The van der Waals surface area contributed by atoms with E-state index < -0.39 is 10.8 Å². The van der Waals surface area contributed by atoms with E-state index in [4.69, 9.17) is 0 Å². The number of unbranched alkanes of at least 4 members (excludes halogenated alkanes) is 2. The third-order valence-electron chi connectivity index (χ3n) is 3.06. The molecule has 0 radical (unpaired) electrons. The summed E-state index contributed by atoms with van der Waals surface area (Å²) in [5, 5.41) is 13.0. The van der Waals surface area contributed by atoms with E-state index in [2.05, 4.69) is 10.3 Å². The van der Waals surface area contributed by atoms with Crippen molar-refractivity contribution in [1.29, 1.82) is 0 Å². The van der Waals surface area contributed by atoms with Gasteiger partial charge in [0.1, 0.15) is 0 Å². The van der Waals surface area contributed by atoms with Crippen LogP contribution in [-0.2, 0) is 4.79 Å². The van der Waals surface area contributed by atoms with Crippen molar-refractivity contribution < 1.29 is 14.5 Å². The van der Waals surface area contributed by atoms with Gasteiger partial charge in [0.25, 0.3) is 5.91 Å². The lowest BCUT2D eigenvalue weighted by Crippen LogP contribution is -2.31. The Morgan fingerprint density at radius 1 is 1.33 bits per heavy atom. The Bertz CT molecular complexity index is 546. The number of imide groups is 1. The zero-order valence-electron chi connectivity index (χ0n) is 12.4. The van der Waals surface area contributed by atoms with Gasteiger partial charge in [-0.1, -0.05) is 19.8 Å². The molecule has 21 heavy (non-hydrogen) atoms. The number of carbonyl (C=O) groups excluding carboxylic acids is 2. The van der Waals surface area contributed by atoms with Gasteiger partial charge in [-0.3, -0.25) is 14.9 Å². The molecule has 0 fully saturated rings. The van der Waals surface area contributed by atoms with Crippen LogP contribution in [-0.4, -0.2) is 21.7 Å². The van der Waals surface area contributed by atoms with Crippen molar-refractivity contribution in [2.45, 2.75) is 46.5 Å². The summed E-state index contributed by atoms with van der Waals surface area (Å²) in [7, 11) is 0.